The number of carbonyl (C=O) groups is 1. The molecule has 4 heterocycles. The van der Waals surface area contributed by atoms with Crippen LogP contribution in [0.15, 0.2) is 58.6 Å². The average Bonchev–Trinajstić information content (AvgIpc) is 3.51. The highest BCUT2D eigenvalue weighted by Crippen LogP contribution is 2.43. The van der Waals surface area contributed by atoms with Crippen molar-refractivity contribution in [3.05, 3.63) is 81.4 Å². The number of fused-ring (bicyclic) bond motifs is 1. The fraction of sp³-hybridized carbons (Fsp3) is 0.261. The molecule has 3 aromatic heterocycles. The van der Waals surface area contributed by atoms with E-state index >= 15 is 0 Å². The van der Waals surface area contributed by atoms with Gasteiger partial charge in [-0.2, -0.15) is 5.10 Å². The predicted molar refractivity (Wildman–Crippen MR) is 115 cm³/mol. The first-order chi connectivity index (χ1) is 14.5. The van der Waals surface area contributed by atoms with Crippen LogP contribution in [0.2, 0.25) is 0 Å². The molecule has 1 amide bonds. The number of hydrogen-bond acceptors (Lipinski definition) is 5. The van der Waals surface area contributed by atoms with Gasteiger partial charge in [0.2, 0.25) is 0 Å². The van der Waals surface area contributed by atoms with E-state index in [9.17, 15) is 4.79 Å². The predicted octanol–water partition coefficient (Wildman–Crippen LogP) is 4.79. The molecule has 0 aliphatic carbocycles. The van der Waals surface area contributed by atoms with Gasteiger partial charge in [0.1, 0.15) is 0 Å². The second-order valence-corrected chi connectivity index (χ2v) is 8.63. The second kappa shape index (κ2) is 7.25. The molecule has 0 spiro atoms. The molecule has 152 valence electrons. The van der Waals surface area contributed by atoms with Crippen LogP contribution in [0.3, 0.4) is 0 Å². The largest absolute Gasteiger partial charge is 0.355 e. The number of benzene rings is 1. The van der Waals surface area contributed by atoms with Crippen LogP contribution in [0.25, 0.3) is 11.3 Å². The van der Waals surface area contributed by atoms with Gasteiger partial charge in [-0.3, -0.25) is 9.48 Å². The van der Waals surface area contributed by atoms with E-state index in [0.29, 0.717) is 18.0 Å². The van der Waals surface area contributed by atoms with Crippen molar-refractivity contribution in [2.75, 3.05) is 6.54 Å². The Morgan fingerprint density at radius 2 is 2.00 bits per heavy atom. The molecule has 1 aliphatic heterocycles. The smallest absolute Gasteiger partial charge is 0.276 e. The summed E-state index contributed by atoms with van der Waals surface area (Å²) in [5.41, 5.74) is 4.71. The highest BCUT2D eigenvalue weighted by Gasteiger charge is 2.37. The van der Waals surface area contributed by atoms with Crippen molar-refractivity contribution in [2.45, 2.75) is 25.8 Å². The molecule has 5 rings (SSSR count). The third kappa shape index (κ3) is 2.97. The summed E-state index contributed by atoms with van der Waals surface area (Å²) in [6.07, 6.45) is 1.92. The van der Waals surface area contributed by atoms with E-state index in [0.717, 1.165) is 16.8 Å². The second-order valence-electron chi connectivity index (χ2n) is 7.68. The molecule has 0 radical (unpaired) electrons. The number of rotatable bonds is 3. The minimum absolute atomic E-state index is 0.0242. The molecule has 4 aromatic rings. The molecular formula is C23H22N4O2S. The van der Waals surface area contributed by atoms with E-state index in [2.05, 4.69) is 35.5 Å². The van der Waals surface area contributed by atoms with Crippen molar-refractivity contribution in [3.63, 3.8) is 0 Å². The molecular weight excluding hydrogens is 396 g/mol. The molecule has 6 nitrogen and oxygen atoms in total. The SMILES string of the molecule is Cc1c([C@H]2CN(C(=O)c3cc(-c4ccccc4)on3)[C@@H](C)c3ccsc32)cnn1C. The first-order valence-electron chi connectivity index (χ1n) is 9.93. The number of thiophene rings is 1. The maximum atomic E-state index is 13.4. The first-order valence-corrected chi connectivity index (χ1v) is 10.8. The van der Waals surface area contributed by atoms with Crippen molar-refractivity contribution in [3.8, 4) is 11.3 Å². The van der Waals surface area contributed by atoms with Gasteiger partial charge < -0.3 is 9.42 Å². The molecule has 30 heavy (non-hydrogen) atoms. The summed E-state index contributed by atoms with van der Waals surface area (Å²) in [6.45, 7) is 4.74. The van der Waals surface area contributed by atoms with Gasteiger partial charge in [-0.15, -0.1) is 11.3 Å². The zero-order valence-electron chi connectivity index (χ0n) is 17.1. The highest BCUT2D eigenvalue weighted by molar-refractivity contribution is 7.10. The Bertz CT molecular complexity index is 1210. The first kappa shape index (κ1) is 18.8. The number of aryl methyl sites for hydroxylation is 1. The van der Waals surface area contributed by atoms with Gasteiger partial charge in [-0.05, 0) is 30.9 Å². The average molecular weight is 419 g/mol. The van der Waals surface area contributed by atoms with Gasteiger partial charge in [0.25, 0.3) is 5.91 Å². The minimum atomic E-state index is -0.114. The lowest BCUT2D eigenvalue weighted by molar-refractivity contribution is 0.0656. The van der Waals surface area contributed by atoms with Crippen LogP contribution < -0.4 is 0 Å². The Morgan fingerprint density at radius 1 is 1.20 bits per heavy atom. The van der Waals surface area contributed by atoms with E-state index in [1.807, 2.05) is 53.2 Å². The zero-order chi connectivity index (χ0) is 20.8. The number of hydrogen-bond donors (Lipinski definition) is 0. The Morgan fingerprint density at radius 3 is 2.73 bits per heavy atom. The van der Waals surface area contributed by atoms with E-state index < -0.39 is 0 Å². The summed E-state index contributed by atoms with van der Waals surface area (Å²) >= 11 is 1.75. The van der Waals surface area contributed by atoms with Crippen molar-refractivity contribution in [1.29, 1.82) is 0 Å². The van der Waals surface area contributed by atoms with Crippen molar-refractivity contribution in [1.82, 2.24) is 19.8 Å². The molecule has 0 fully saturated rings. The van der Waals surface area contributed by atoms with Gasteiger partial charge in [-0.25, -0.2) is 0 Å². The van der Waals surface area contributed by atoms with Crippen LogP contribution in [0.4, 0.5) is 0 Å². The van der Waals surface area contributed by atoms with Crippen LogP contribution >= 0.6 is 11.3 Å². The lowest BCUT2D eigenvalue weighted by atomic mass is 9.88. The van der Waals surface area contributed by atoms with E-state index in [1.165, 1.54) is 10.4 Å². The summed E-state index contributed by atoms with van der Waals surface area (Å²) in [6, 6.07) is 13.5. The summed E-state index contributed by atoms with van der Waals surface area (Å²) in [5, 5.41) is 10.6. The van der Waals surface area contributed by atoms with Crippen molar-refractivity contribution >= 4 is 17.2 Å². The Balaban J connectivity index is 1.49. The summed E-state index contributed by atoms with van der Waals surface area (Å²) < 4.78 is 7.36. The molecule has 1 aromatic carbocycles. The van der Waals surface area contributed by atoms with Gasteiger partial charge in [0, 0.05) is 47.3 Å². The summed E-state index contributed by atoms with van der Waals surface area (Å²) in [4.78, 5) is 16.7. The molecule has 0 unspecified atom stereocenters. The number of nitrogens with zero attached hydrogens (tertiary/aromatic N) is 4. The van der Waals surface area contributed by atoms with E-state index in [1.54, 1.807) is 17.4 Å². The van der Waals surface area contributed by atoms with Crippen LogP contribution in [0.5, 0.6) is 0 Å². The normalized spacial score (nSPS) is 18.4. The summed E-state index contributed by atoms with van der Waals surface area (Å²) in [5.74, 6) is 0.589. The van der Waals surface area contributed by atoms with Crippen molar-refractivity contribution < 1.29 is 9.32 Å². The number of aromatic nitrogens is 3. The van der Waals surface area contributed by atoms with Crippen LogP contribution in [0, 0.1) is 6.92 Å². The molecule has 0 N–H and O–H groups in total. The Kier molecular flexibility index (Phi) is 4.55. The summed E-state index contributed by atoms with van der Waals surface area (Å²) in [7, 11) is 1.95. The van der Waals surface area contributed by atoms with Gasteiger partial charge >= 0.3 is 0 Å². The maximum Gasteiger partial charge on any atom is 0.276 e. The quantitative estimate of drug-likeness (QED) is 0.480. The monoisotopic (exact) mass is 418 g/mol. The molecule has 1 aliphatic rings. The third-order valence-corrected chi connectivity index (χ3v) is 7.08. The zero-order valence-corrected chi connectivity index (χ0v) is 17.9. The molecule has 7 heteroatoms. The Hall–Kier alpha value is -3.19. The maximum absolute atomic E-state index is 13.4. The van der Waals surface area contributed by atoms with E-state index in [-0.39, 0.29) is 17.9 Å². The fourth-order valence-electron chi connectivity index (χ4n) is 4.18. The van der Waals surface area contributed by atoms with Crippen LogP contribution in [-0.2, 0) is 7.05 Å². The van der Waals surface area contributed by atoms with Gasteiger partial charge in [-0.1, -0.05) is 35.5 Å². The van der Waals surface area contributed by atoms with Gasteiger partial charge in [0.05, 0.1) is 12.2 Å². The highest BCUT2D eigenvalue weighted by atomic mass is 32.1. The molecule has 0 saturated heterocycles. The Labute approximate surface area is 178 Å². The molecule has 0 saturated carbocycles. The van der Waals surface area contributed by atoms with Gasteiger partial charge in [0.15, 0.2) is 11.5 Å². The standard InChI is InChI=1S/C23H22N4O2S/c1-14-18(12-24-26(14)3)19-13-27(15(2)17-9-10-30-22(17)19)23(28)20-11-21(29-25-20)16-7-5-4-6-8-16/h4-12,15,19H,13H2,1-3H3/t15-,19+/m0/s1. The van der Waals surface area contributed by atoms with E-state index in [4.69, 9.17) is 4.52 Å². The number of amides is 1. The molecule has 0 bridgehead atoms. The van der Waals surface area contributed by atoms with Crippen molar-refractivity contribution in [2.24, 2.45) is 7.05 Å². The topological polar surface area (TPSA) is 64.2 Å². The molecule has 2 atom stereocenters. The fourth-order valence-corrected chi connectivity index (χ4v) is 5.28. The number of carbonyl (C=O) groups excluding carboxylic acids is 1. The van der Waals surface area contributed by atoms with Crippen LogP contribution in [0.1, 0.15) is 51.1 Å². The lowest BCUT2D eigenvalue weighted by Gasteiger charge is -2.37. The van der Waals surface area contributed by atoms with Crippen LogP contribution in [-0.4, -0.2) is 32.3 Å². The third-order valence-electron chi connectivity index (χ3n) is 6.04. The minimum Gasteiger partial charge on any atom is -0.355 e. The lowest BCUT2D eigenvalue weighted by Crippen LogP contribution is -2.40.